The van der Waals surface area contributed by atoms with E-state index < -0.39 is 10.0 Å². The zero-order valence-corrected chi connectivity index (χ0v) is 16.4. The number of hydrogen-bond acceptors (Lipinski definition) is 3. The normalized spacial score (nSPS) is 16.6. The predicted molar refractivity (Wildman–Crippen MR) is 107 cm³/mol. The highest BCUT2D eigenvalue weighted by Gasteiger charge is 2.26. The molecule has 1 aliphatic heterocycles. The molecule has 1 fully saturated rings. The van der Waals surface area contributed by atoms with Crippen LogP contribution in [0.2, 0.25) is 0 Å². The van der Waals surface area contributed by atoms with Gasteiger partial charge in [-0.1, -0.05) is 43.7 Å². The lowest BCUT2D eigenvalue weighted by Crippen LogP contribution is -2.35. The smallest absolute Gasteiger partial charge is 0.243 e. The predicted octanol–water partition coefficient (Wildman–Crippen LogP) is 3.99. The molecule has 1 saturated heterocycles. The van der Waals surface area contributed by atoms with E-state index in [4.69, 9.17) is 0 Å². The molecule has 0 aliphatic carbocycles. The van der Waals surface area contributed by atoms with Crippen molar-refractivity contribution in [1.82, 2.24) is 4.31 Å². The molecule has 144 valence electrons. The van der Waals surface area contributed by atoms with Gasteiger partial charge in [0.1, 0.15) is 0 Å². The number of amides is 1. The number of sulfonamides is 1. The highest BCUT2D eigenvalue weighted by molar-refractivity contribution is 7.89. The lowest BCUT2D eigenvalue weighted by molar-refractivity contribution is -0.117. The Morgan fingerprint density at radius 3 is 2.22 bits per heavy atom. The first-order chi connectivity index (χ1) is 13.0. The average molecular weight is 387 g/mol. The Kier molecular flexibility index (Phi) is 6.29. The second-order valence-corrected chi connectivity index (χ2v) is 8.79. The lowest BCUT2D eigenvalue weighted by atomic mass is 9.95. The van der Waals surface area contributed by atoms with Gasteiger partial charge in [-0.3, -0.25) is 4.79 Å². The molecular weight excluding hydrogens is 360 g/mol. The average Bonchev–Trinajstić information content (AvgIpc) is 2.70. The second kappa shape index (κ2) is 8.67. The summed E-state index contributed by atoms with van der Waals surface area (Å²) >= 11 is 0. The Labute approximate surface area is 161 Å². The van der Waals surface area contributed by atoms with E-state index >= 15 is 0 Å². The lowest BCUT2D eigenvalue weighted by Gasteiger charge is -2.25. The molecule has 2 aromatic carbocycles. The van der Waals surface area contributed by atoms with Gasteiger partial charge < -0.3 is 5.32 Å². The number of carbonyl (C=O) groups is 1. The molecule has 1 amide bonds. The van der Waals surface area contributed by atoms with Crippen molar-refractivity contribution in [3.8, 4) is 0 Å². The first-order valence-corrected chi connectivity index (χ1v) is 10.9. The molecule has 0 bridgehead atoms. The number of benzene rings is 2. The summed E-state index contributed by atoms with van der Waals surface area (Å²) in [6.45, 7) is 3.14. The maximum Gasteiger partial charge on any atom is 0.243 e. The summed E-state index contributed by atoms with van der Waals surface area (Å²) in [6, 6.07) is 16.1. The fourth-order valence-electron chi connectivity index (χ4n) is 3.45. The first-order valence-electron chi connectivity index (χ1n) is 9.48. The third-order valence-corrected chi connectivity index (χ3v) is 6.91. The fourth-order valence-corrected chi connectivity index (χ4v) is 4.97. The summed E-state index contributed by atoms with van der Waals surface area (Å²) in [5.41, 5.74) is 1.58. The van der Waals surface area contributed by atoms with Gasteiger partial charge in [0.05, 0.1) is 10.8 Å². The molecule has 1 atom stereocenters. The van der Waals surface area contributed by atoms with Crippen LogP contribution in [0.1, 0.15) is 44.1 Å². The van der Waals surface area contributed by atoms with Gasteiger partial charge in [-0.05, 0) is 49.1 Å². The molecule has 2 aromatic rings. The Morgan fingerprint density at radius 2 is 1.63 bits per heavy atom. The van der Waals surface area contributed by atoms with Crippen LogP contribution in [0, 0.1) is 0 Å². The minimum Gasteiger partial charge on any atom is -0.326 e. The van der Waals surface area contributed by atoms with Gasteiger partial charge in [-0.25, -0.2) is 8.42 Å². The SMILES string of the molecule is CC[C@H](C(=O)Nc1ccc(S(=O)(=O)N2CCCCC2)cc1)c1ccccc1. The number of carbonyl (C=O) groups excluding carboxylic acids is 1. The second-order valence-electron chi connectivity index (χ2n) is 6.85. The number of rotatable bonds is 6. The Bertz CT molecular complexity index is 858. The van der Waals surface area contributed by atoms with E-state index in [9.17, 15) is 13.2 Å². The molecule has 3 rings (SSSR count). The Hall–Kier alpha value is -2.18. The zero-order valence-electron chi connectivity index (χ0n) is 15.6. The van der Waals surface area contributed by atoms with E-state index in [1.54, 1.807) is 28.6 Å². The van der Waals surface area contributed by atoms with Crippen molar-refractivity contribution in [3.63, 3.8) is 0 Å². The third-order valence-electron chi connectivity index (χ3n) is 5.00. The van der Waals surface area contributed by atoms with Gasteiger partial charge in [-0.2, -0.15) is 4.31 Å². The van der Waals surface area contributed by atoms with Gasteiger partial charge in [0.2, 0.25) is 15.9 Å². The van der Waals surface area contributed by atoms with Crippen LogP contribution in [0.5, 0.6) is 0 Å². The summed E-state index contributed by atoms with van der Waals surface area (Å²) in [5.74, 6) is -0.321. The van der Waals surface area contributed by atoms with Crippen molar-refractivity contribution < 1.29 is 13.2 Å². The number of nitrogens with one attached hydrogen (secondary N) is 1. The molecule has 0 aromatic heterocycles. The molecule has 1 heterocycles. The summed E-state index contributed by atoms with van der Waals surface area (Å²) in [6.07, 6.45) is 3.59. The van der Waals surface area contributed by atoms with Crippen LogP contribution in [0.3, 0.4) is 0 Å². The number of piperidine rings is 1. The maximum absolute atomic E-state index is 12.7. The third kappa shape index (κ3) is 4.57. The molecular formula is C21H26N2O3S. The molecule has 5 nitrogen and oxygen atoms in total. The van der Waals surface area contributed by atoms with Crippen LogP contribution in [0.25, 0.3) is 0 Å². The molecule has 27 heavy (non-hydrogen) atoms. The van der Waals surface area contributed by atoms with E-state index in [-0.39, 0.29) is 16.7 Å². The van der Waals surface area contributed by atoms with Crippen molar-refractivity contribution in [2.24, 2.45) is 0 Å². The van der Waals surface area contributed by atoms with Crippen LogP contribution < -0.4 is 5.32 Å². The van der Waals surface area contributed by atoms with Crippen LogP contribution in [-0.2, 0) is 14.8 Å². The molecule has 0 saturated carbocycles. The maximum atomic E-state index is 12.7. The summed E-state index contributed by atoms with van der Waals surface area (Å²) in [4.78, 5) is 12.9. The van der Waals surface area contributed by atoms with Crippen LogP contribution in [0.4, 0.5) is 5.69 Å². The standard InChI is InChI=1S/C21H26N2O3S/c1-2-20(17-9-5-3-6-10-17)21(24)22-18-11-13-19(14-12-18)27(25,26)23-15-7-4-8-16-23/h3,5-6,9-14,20H,2,4,7-8,15-16H2,1H3,(H,22,24)/t20-/m0/s1. The van der Waals surface area contributed by atoms with Crippen molar-refractivity contribution in [1.29, 1.82) is 0 Å². The number of anilines is 1. The van der Waals surface area contributed by atoms with Crippen molar-refractivity contribution in [2.45, 2.75) is 43.4 Å². The van der Waals surface area contributed by atoms with E-state index in [1.165, 1.54) is 0 Å². The topological polar surface area (TPSA) is 66.5 Å². The molecule has 0 spiro atoms. The minimum atomic E-state index is -3.45. The van der Waals surface area contributed by atoms with Gasteiger partial charge in [-0.15, -0.1) is 0 Å². The van der Waals surface area contributed by atoms with E-state index in [2.05, 4.69) is 5.32 Å². The highest BCUT2D eigenvalue weighted by Crippen LogP contribution is 2.24. The Balaban J connectivity index is 1.71. The van der Waals surface area contributed by atoms with E-state index in [0.717, 1.165) is 24.8 Å². The Morgan fingerprint density at radius 1 is 1.00 bits per heavy atom. The number of hydrogen-bond donors (Lipinski definition) is 1. The molecule has 6 heteroatoms. The van der Waals surface area contributed by atoms with Gasteiger partial charge >= 0.3 is 0 Å². The van der Waals surface area contributed by atoms with Crippen molar-refractivity contribution >= 4 is 21.6 Å². The first kappa shape index (κ1) is 19.6. The molecule has 0 unspecified atom stereocenters. The zero-order chi connectivity index (χ0) is 19.3. The van der Waals surface area contributed by atoms with Crippen LogP contribution >= 0.6 is 0 Å². The van der Waals surface area contributed by atoms with Gasteiger partial charge in [0.15, 0.2) is 0 Å². The van der Waals surface area contributed by atoms with Crippen LogP contribution in [0.15, 0.2) is 59.5 Å². The number of nitrogens with zero attached hydrogens (tertiary/aromatic N) is 1. The minimum absolute atomic E-state index is 0.0877. The monoisotopic (exact) mass is 386 g/mol. The van der Waals surface area contributed by atoms with Crippen molar-refractivity contribution in [2.75, 3.05) is 18.4 Å². The molecule has 0 radical (unpaired) electrons. The van der Waals surface area contributed by atoms with Crippen LogP contribution in [-0.4, -0.2) is 31.7 Å². The molecule has 1 N–H and O–H groups in total. The quantitative estimate of drug-likeness (QED) is 0.816. The summed E-state index contributed by atoms with van der Waals surface area (Å²) in [7, 11) is -3.45. The largest absolute Gasteiger partial charge is 0.326 e. The highest BCUT2D eigenvalue weighted by atomic mass is 32.2. The summed E-state index contributed by atoms with van der Waals surface area (Å²) in [5, 5.41) is 2.90. The van der Waals surface area contributed by atoms with Gasteiger partial charge in [0, 0.05) is 18.8 Å². The summed E-state index contributed by atoms with van der Waals surface area (Å²) < 4.78 is 26.9. The van der Waals surface area contributed by atoms with E-state index in [0.29, 0.717) is 25.2 Å². The van der Waals surface area contributed by atoms with Gasteiger partial charge in [0.25, 0.3) is 0 Å². The molecule has 1 aliphatic rings. The van der Waals surface area contributed by atoms with E-state index in [1.807, 2.05) is 37.3 Å². The fraction of sp³-hybridized carbons (Fsp3) is 0.381. The van der Waals surface area contributed by atoms with Crippen molar-refractivity contribution in [3.05, 3.63) is 60.2 Å².